The first-order valence-corrected chi connectivity index (χ1v) is 9.29. The van der Waals surface area contributed by atoms with E-state index in [1.54, 1.807) is 12.5 Å². The van der Waals surface area contributed by atoms with Crippen molar-refractivity contribution >= 4 is 5.82 Å². The zero-order valence-electron chi connectivity index (χ0n) is 15.2. The van der Waals surface area contributed by atoms with Crippen LogP contribution in [0.1, 0.15) is 5.56 Å². The highest BCUT2D eigenvalue weighted by Crippen LogP contribution is 2.30. The SMILES string of the molecule is c1cncc(CCOc2ccccc2-c2cc(N3CCNCC3)ncn2)c1. The molecule has 2 aromatic heterocycles. The molecular formula is C21H23N5O. The van der Waals surface area contributed by atoms with Gasteiger partial charge >= 0.3 is 0 Å². The second-order valence-electron chi connectivity index (χ2n) is 6.45. The van der Waals surface area contributed by atoms with E-state index in [9.17, 15) is 0 Å². The summed E-state index contributed by atoms with van der Waals surface area (Å²) >= 11 is 0. The first-order chi connectivity index (χ1) is 13.4. The summed E-state index contributed by atoms with van der Waals surface area (Å²) in [6, 6.07) is 14.1. The Kier molecular flexibility index (Phi) is 5.55. The van der Waals surface area contributed by atoms with E-state index >= 15 is 0 Å². The van der Waals surface area contributed by atoms with E-state index in [0.717, 1.165) is 61.0 Å². The molecule has 1 saturated heterocycles. The van der Waals surface area contributed by atoms with Gasteiger partial charge in [0.05, 0.1) is 12.3 Å². The third-order valence-electron chi connectivity index (χ3n) is 4.63. The van der Waals surface area contributed by atoms with Crippen molar-refractivity contribution in [3.63, 3.8) is 0 Å². The number of anilines is 1. The highest BCUT2D eigenvalue weighted by molar-refractivity contribution is 5.69. The molecule has 6 heteroatoms. The quantitative estimate of drug-likeness (QED) is 0.728. The smallest absolute Gasteiger partial charge is 0.132 e. The van der Waals surface area contributed by atoms with Gasteiger partial charge in [0, 0.05) is 56.6 Å². The third-order valence-corrected chi connectivity index (χ3v) is 4.63. The molecule has 1 N–H and O–H groups in total. The minimum Gasteiger partial charge on any atom is -0.493 e. The maximum Gasteiger partial charge on any atom is 0.132 e. The molecular weight excluding hydrogens is 338 g/mol. The topological polar surface area (TPSA) is 63.2 Å². The van der Waals surface area contributed by atoms with Crippen molar-refractivity contribution in [3.8, 4) is 17.0 Å². The first kappa shape index (κ1) is 17.4. The molecule has 1 aliphatic heterocycles. The number of nitrogens with zero attached hydrogens (tertiary/aromatic N) is 4. The lowest BCUT2D eigenvalue weighted by molar-refractivity contribution is 0.323. The van der Waals surface area contributed by atoms with Crippen LogP contribution in [-0.2, 0) is 6.42 Å². The minimum absolute atomic E-state index is 0.596. The predicted octanol–water partition coefficient (Wildman–Crippen LogP) is 2.57. The Balaban J connectivity index is 1.50. The van der Waals surface area contributed by atoms with Crippen molar-refractivity contribution in [1.82, 2.24) is 20.3 Å². The summed E-state index contributed by atoms with van der Waals surface area (Å²) in [6.07, 6.45) is 6.11. The van der Waals surface area contributed by atoms with E-state index in [1.165, 1.54) is 0 Å². The Hall–Kier alpha value is -2.99. The lowest BCUT2D eigenvalue weighted by Crippen LogP contribution is -2.43. The van der Waals surface area contributed by atoms with Gasteiger partial charge in [-0.15, -0.1) is 0 Å². The number of nitrogens with one attached hydrogen (secondary N) is 1. The summed E-state index contributed by atoms with van der Waals surface area (Å²) in [5.74, 6) is 1.80. The van der Waals surface area contributed by atoms with Gasteiger partial charge in [-0.05, 0) is 23.8 Å². The normalized spacial score (nSPS) is 14.1. The first-order valence-electron chi connectivity index (χ1n) is 9.29. The molecule has 1 aromatic carbocycles. The number of rotatable bonds is 6. The molecule has 3 aromatic rings. The number of pyridine rings is 1. The molecule has 0 saturated carbocycles. The largest absolute Gasteiger partial charge is 0.493 e. The maximum atomic E-state index is 6.07. The van der Waals surface area contributed by atoms with Gasteiger partial charge in [-0.1, -0.05) is 18.2 Å². The molecule has 0 atom stereocenters. The standard InChI is InChI=1S/C21H23N5O/c1-2-6-20(27-13-7-17-4-3-8-23-15-17)18(5-1)19-14-21(25-16-24-19)26-11-9-22-10-12-26/h1-6,8,14-16,22H,7,9-13H2. The van der Waals surface area contributed by atoms with Crippen LogP contribution in [0.25, 0.3) is 11.3 Å². The van der Waals surface area contributed by atoms with E-state index in [1.807, 2.05) is 36.5 Å². The number of ether oxygens (including phenoxy) is 1. The maximum absolute atomic E-state index is 6.07. The molecule has 0 bridgehead atoms. The molecule has 27 heavy (non-hydrogen) atoms. The minimum atomic E-state index is 0.596. The van der Waals surface area contributed by atoms with Crippen molar-refractivity contribution in [2.75, 3.05) is 37.7 Å². The number of piperazine rings is 1. The summed E-state index contributed by atoms with van der Waals surface area (Å²) in [7, 11) is 0. The van der Waals surface area contributed by atoms with Crippen LogP contribution >= 0.6 is 0 Å². The number of para-hydroxylation sites is 1. The highest BCUT2D eigenvalue weighted by Gasteiger charge is 2.14. The number of hydrogen-bond acceptors (Lipinski definition) is 6. The summed E-state index contributed by atoms with van der Waals surface area (Å²) in [6.45, 7) is 4.47. The van der Waals surface area contributed by atoms with E-state index < -0.39 is 0 Å². The van der Waals surface area contributed by atoms with Gasteiger partial charge in [-0.2, -0.15) is 0 Å². The Morgan fingerprint density at radius 2 is 1.93 bits per heavy atom. The molecule has 1 fully saturated rings. The van der Waals surface area contributed by atoms with Crippen molar-refractivity contribution in [2.45, 2.75) is 6.42 Å². The van der Waals surface area contributed by atoms with Crippen molar-refractivity contribution in [2.24, 2.45) is 0 Å². The average Bonchev–Trinajstić information content (AvgIpc) is 2.76. The fourth-order valence-electron chi connectivity index (χ4n) is 3.19. The third kappa shape index (κ3) is 4.41. The van der Waals surface area contributed by atoms with E-state index in [2.05, 4.69) is 37.3 Å². The fraction of sp³-hybridized carbons (Fsp3) is 0.286. The van der Waals surface area contributed by atoms with E-state index in [4.69, 9.17) is 4.74 Å². The second kappa shape index (κ2) is 8.60. The van der Waals surface area contributed by atoms with Crippen LogP contribution in [0.15, 0.2) is 61.2 Å². The van der Waals surface area contributed by atoms with Gasteiger partial charge in [0.25, 0.3) is 0 Å². The van der Waals surface area contributed by atoms with Crippen molar-refractivity contribution in [3.05, 3.63) is 66.7 Å². The van der Waals surface area contributed by atoms with Crippen LogP contribution in [0, 0.1) is 0 Å². The summed E-state index contributed by atoms with van der Waals surface area (Å²) < 4.78 is 6.07. The highest BCUT2D eigenvalue weighted by atomic mass is 16.5. The van der Waals surface area contributed by atoms with E-state index in [0.29, 0.717) is 6.61 Å². The number of benzene rings is 1. The van der Waals surface area contributed by atoms with Crippen molar-refractivity contribution < 1.29 is 4.74 Å². The molecule has 3 heterocycles. The number of aromatic nitrogens is 3. The Morgan fingerprint density at radius 3 is 2.78 bits per heavy atom. The predicted molar refractivity (Wildman–Crippen MR) is 106 cm³/mol. The van der Waals surface area contributed by atoms with Gasteiger partial charge in [-0.25, -0.2) is 9.97 Å². The molecule has 4 rings (SSSR count). The van der Waals surface area contributed by atoms with E-state index in [-0.39, 0.29) is 0 Å². The molecule has 1 aliphatic rings. The van der Waals surface area contributed by atoms with Gasteiger partial charge in [-0.3, -0.25) is 4.98 Å². The molecule has 138 valence electrons. The second-order valence-corrected chi connectivity index (χ2v) is 6.45. The Bertz CT molecular complexity index is 865. The van der Waals surface area contributed by atoms with Crippen LogP contribution in [0.5, 0.6) is 5.75 Å². The van der Waals surface area contributed by atoms with Crippen LogP contribution in [0.4, 0.5) is 5.82 Å². The zero-order valence-corrected chi connectivity index (χ0v) is 15.2. The molecule has 0 spiro atoms. The summed E-state index contributed by atoms with van der Waals surface area (Å²) in [5.41, 5.74) is 3.04. The van der Waals surface area contributed by atoms with Crippen LogP contribution in [-0.4, -0.2) is 47.7 Å². The Labute approximate surface area is 159 Å². The lowest BCUT2D eigenvalue weighted by Gasteiger charge is -2.28. The molecule has 0 radical (unpaired) electrons. The fourth-order valence-corrected chi connectivity index (χ4v) is 3.19. The van der Waals surface area contributed by atoms with Gasteiger partial charge < -0.3 is 15.0 Å². The van der Waals surface area contributed by atoms with Gasteiger partial charge in [0.15, 0.2) is 0 Å². The Morgan fingerprint density at radius 1 is 1.04 bits per heavy atom. The van der Waals surface area contributed by atoms with Crippen LogP contribution in [0.2, 0.25) is 0 Å². The van der Waals surface area contributed by atoms with Gasteiger partial charge in [0.1, 0.15) is 17.9 Å². The summed E-state index contributed by atoms with van der Waals surface area (Å²) in [4.78, 5) is 15.4. The van der Waals surface area contributed by atoms with Gasteiger partial charge in [0.2, 0.25) is 0 Å². The molecule has 0 amide bonds. The number of hydrogen-bond donors (Lipinski definition) is 1. The monoisotopic (exact) mass is 361 g/mol. The summed E-state index contributed by atoms with van der Waals surface area (Å²) in [5, 5.41) is 3.37. The van der Waals surface area contributed by atoms with Crippen LogP contribution in [0.3, 0.4) is 0 Å². The zero-order chi connectivity index (χ0) is 18.3. The average molecular weight is 361 g/mol. The molecule has 6 nitrogen and oxygen atoms in total. The molecule has 0 aliphatic carbocycles. The van der Waals surface area contributed by atoms with Crippen molar-refractivity contribution in [1.29, 1.82) is 0 Å². The lowest BCUT2D eigenvalue weighted by atomic mass is 10.1. The molecule has 0 unspecified atom stereocenters. The van der Waals surface area contributed by atoms with Crippen LogP contribution < -0.4 is 15.0 Å².